The predicted molar refractivity (Wildman–Crippen MR) is 88.2 cm³/mol. The lowest BCUT2D eigenvalue weighted by Gasteiger charge is -2.23. The molecule has 0 amide bonds. The summed E-state index contributed by atoms with van der Waals surface area (Å²) >= 11 is 4.09. The van der Waals surface area contributed by atoms with E-state index in [1.165, 1.54) is 0 Å². The van der Waals surface area contributed by atoms with Crippen LogP contribution < -0.4 is 4.74 Å². The predicted octanol–water partition coefficient (Wildman–Crippen LogP) is 3.38. The zero-order valence-electron chi connectivity index (χ0n) is 9.73. The number of rotatable bonds is 1. The van der Waals surface area contributed by atoms with Crippen LogP contribution in [0.15, 0.2) is 36.4 Å². The molecule has 5 heteroatoms. The topological polar surface area (TPSA) is 49.7 Å². The summed E-state index contributed by atoms with van der Waals surface area (Å²) in [5.74, 6) is -0.399. The quantitative estimate of drug-likeness (QED) is 0.616. The Kier molecular flexibility index (Phi) is 3.38. The fourth-order valence-corrected chi connectivity index (χ4v) is 3.95. The third kappa shape index (κ3) is 2.31. The molecule has 0 radical (unpaired) electrons. The van der Waals surface area contributed by atoms with Gasteiger partial charge in [-0.25, -0.2) is 0 Å². The molecule has 3 nitrogen and oxygen atoms in total. The van der Waals surface area contributed by atoms with Gasteiger partial charge in [-0.3, -0.25) is 0 Å². The molecule has 2 aromatic carbocycles. The number of phenolic OH excluding ortho intramolecular Hbond substituents is 1. The molecule has 0 spiro atoms. The second-order valence-corrected chi connectivity index (χ2v) is 6.78. The maximum absolute atomic E-state index is 10.7. The maximum Gasteiger partial charge on any atom is 0.239 e. The van der Waals surface area contributed by atoms with E-state index < -0.39 is 5.79 Å². The molecule has 2 aromatic rings. The van der Waals surface area contributed by atoms with Crippen LogP contribution in [0.3, 0.4) is 0 Å². The van der Waals surface area contributed by atoms with Crippen molar-refractivity contribution >= 4 is 45.2 Å². The van der Waals surface area contributed by atoms with Crippen molar-refractivity contribution in [2.45, 2.75) is 12.2 Å². The van der Waals surface area contributed by atoms with E-state index in [4.69, 9.17) is 4.74 Å². The summed E-state index contributed by atoms with van der Waals surface area (Å²) in [5.41, 5.74) is 1.65. The van der Waals surface area contributed by atoms with Crippen molar-refractivity contribution in [2.24, 2.45) is 0 Å². The Morgan fingerprint density at radius 1 is 1.11 bits per heavy atom. The number of ether oxygens (including phenoxy) is 1. The van der Waals surface area contributed by atoms with Crippen LogP contribution in [-0.4, -0.2) is 10.2 Å². The van der Waals surface area contributed by atoms with E-state index in [0.717, 1.165) is 5.56 Å². The van der Waals surface area contributed by atoms with Gasteiger partial charge in [0.2, 0.25) is 5.79 Å². The molecule has 0 aromatic heterocycles. The van der Waals surface area contributed by atoms with Crippen molar-refractivity contribution in [1.82, 2.24) is 0 Å². The van der Waals surface area contributed by atoms with Gasteiger partial charge in [0, 0.05) is 17.5 Å². The lowest BCUT2D eigenvalue weighted by atomic mass is 10.00. The standard InChI is InChI=1S/C14H10I2O3/c15-10-5-9(6-11(16)13(10)17)14(18)7-8-3-1-2-4-12(8)19-14/h1-6,17-18H,7H2. The van der Waals surface area contributed by atoms with E-state index in [1.54, 1.807) is 12.1 Å². The van der Waals surface area contributed by atoms with Crippen molar-refractivity contribution in [2.75, 3.05) is 0 Å². The molecule has 1 unspecified atom stereocenters. The number of benzene rings is 2. The van der Waals surface area contributed by atoms with Crippen LogP contribution in [0.1, 0.15) is 11.1 Å². The second-order valence-electron chi connectivity index (χ2n) is 4.46. The van der Waals surface area contributed by atoms with Crippen molar-refractivity contribution in [1.29, 1.82) is 0 Å². The first-order valence-electron chi connectivity index (χ1n) is 5.67. The number of halogens is 2. The smallest absolute Gasteiger partial charge is 0.239 e. The fourth-order valence-electron chi connectivity index (χ4n) is 2.18. The van der Waals surface area contributed by atoms with Crippen LogP contribution >= 0.6 is 45.2 Å². The molecule has 98 valence electrons. The lowest BCUT2D eigenvalue weighted by molar-refractivity contribution is -0.129. The molecule has 2 N–H and O–H groups in total. The van der Waals surface area contributed by atoms with Gasteiger partial charge < -0.3 is 14.9 Å². The minimum Gasteiger partial charge on any atom is -0.506 e. The zero-order valence-corrected chi connectivity index (χ0v) is 14.0. The highest BCUT2D eigenvalue weighted by Crippen LogP contribution is 2.41. The lowest BCUT2D eigenvalue weighted by Crippen LogP contribution is -2.31. The second kappa shape index (κ2) is 4.78. The van der Waals surface area contributed by atoms with Crippen molar-refractivity contribution in [3.8, 4) is 11.5 Å². The average Bonchev–Trinajstić information content (AvgIpc) is 2.72. The number of phenols is 1. The molecule has 0 saturated heterocycles. The molecular weight excluding hydrogens is 470 g/mol. The summed E-state index contributed by atoms with van der Waals surface area (Å²) in [4.78, 5) is 0. The third-order valence-electron chi connectivity index (χ3n) is 3.15. The highest BCUT2D eigenvalue weighted by molar-refractivity contribution is 14.1. The molecule has 1 atom stereocenters. The molecule has 19 heavy (non-hydrogen) atoms. The highest BCUT2D eigenvalue weighted by atomic mass is 127. The Balaban J connectivity index is 2.05. The largest absolute Gasteiger partial charge is 0.506 e. The zero-order chi connectivity index (χ0) is 13.6. The van der Waals surface area contributed by atoms with E-state index >= 15 is 0 Å². The van der Waals surface area contributed by atoms with E-state index in [1.807, 2.05) is 69.4 Å². The summed E-state index contributed by atoms with van der Waals surface area (Å²) in [6.07, 6.45) is 0.417. The Hall–Kier alpha value is -0.540. The number of aliphatic hydroxyl groups is 1. The molecule has 0 aliphatic carbocycles. The summed E-state index contributed by atoms with van der Waals surface area (Å²) < 4.78 is 7.10. The van der Waals surface area contributed by atoms with Crippen molar-refractivity contribution in [3.05, 3.63) is 54.7 Å². The van der Waals surface area contributed by atoms with Crippen molar-refractivity contribution < 1.29 is 14.9 Å². The first-order chi connectivity index (χ1) is 8.99. The monoisotopic (exact) mass is 480 g/mol. The Morgan fingerprint density at radius 2 is 1.74 bits per heavy atom. The van der Waals surface area contributed by atoms with Crippen molar-refractivity contribution in [3.63, 3.8) is 0 Å². The molecule has 3 rings (SSSR count). The number of para-hydroxylation sites is 1. The van der Waals surface area contributed by atoms with Gasteiger partial charge in [0.15, 0.2) is 0 Å². The molecule has 0 fully saturated rings. The van der Waals surface area contributed by atoms with Crippen LogP contribution in [0.4, 0.5) is 0 Å². The summed E-state index contributed by atoms with van der Waals surface area (Å²) in [6.45, 7) is 0. The molecule has 1 aliphatic heterocycles. The SMILES string of the molecule is Oc1c(I)cc(C2(O)Cc3ccccc3O2)cc1I. The fraction of sp³-hybridized carbons (Fsp3) is 0.143. The number of hydrogen-bond donors (Lipinski definition) is 2. The number of hydrogen-bond acceptors (Lipinski definition) is 3. The van der Waals surface area contributed by atoms with Gasteiger partial charge in [-0.05, 0) is 63.4 Å². The molecule has 0 saturated carbocycles. The minimum absolute atomic E-state index is 0.240. The minimum atomic E-state index is -1.35. The molecule has 1 aliphatic rings. The van der Waals surface area contributed by atoms with E-state index in [9.17, 15) is 10.2 Å². The van der Waals surface area contributed by atoms with Crippen LogP contribution in [0.25, 0.3) is 0 Å². The molecule has 1 heterocycles. The van der Waals surface area contributed by atoms with Gasteiger partial charge in [-0.1, -0.05) is 18.2 Å². The van der Waals surface area contributed by atoms with Crippen LogP contribution in [-0.2, 0) is 12.2 Å². The number of aromatic hydroxyl groups is 1. The highest BCUT2D eigenvalue weighted by Gasteiger charge is 2.39. The summed E-state index contributed by atoms with van der Waals surface area (Å²) in [7, 11) is 0. The number of fused-ring (bicyclic) bond motifs is 1. The van der Waals surface area contributed by atoms with Crippen LogP contribution in [0, 0.1) is 7.14 Å². The Labute approximate surface area is 137 Å². The normalized spacial score (nSPS) is 21.0. The van der Waals surface area contributed by atoms with Gasteiger partial charge in [0.05, 0.1) is 7.14 Å². The molecular formula is C14H10I2O3. The first kappa shape index (κ1) is 13.4. The van der Waals surface area contributed by atoms with Crippen LogP contribution in [0.2, 0.25) is 0 Å². The van der Waals surface area contributed by atoms with E-state index in [-0.39, 0.29) is 5.75 Å². The Bertz CT molecular complexity index is 607. The van der Waals surface area contributed by atoms with Gasteiger partial charge in [-0.2, -0.15) is 0 Å². The van der Waals surface area contributed by atoms with E-state index in [2.05, 4.69) is 0 Å². The molecule has 0 bridgehead atoms. The third-order valence-corrected chi connectivity index (χ3v) is 4.79. The van der Waals surface area contributed by atoms with Gasteiger partial charge in [-0.15, -0.1) is 0 Å². The average molecular weight is 480 g/mol. The maximum atomic E-state index is 10.7. The van der Waals surface area contributed by atoms with Gasteiger partial charge in [0.1, 0.15) is 11.5 Å². The van der Waals surface area contributed by atoms with E-state index in [0.29, 0.717) is 24.9 Å². The first-order valence-corrected chi connectivity index (χ1v) is 7.83. The van der Waals surface area contributed by atoms with Crippen LogP contribution in [0.5, 0.6) is 11.5 Å². The summed E-state index contributed by atoms with van der Waals surface area (Å²) in [6, 6.07) is 11.1. The van der Waals surface area contributed by atoms with Gasteiger partial charge in [0.25, 0.3) is 0 Å². The summed E-state index contributed by atoms with van der Waals surface area (Å²) in [5, 5.41) is 20.5. The van der Waals surface area contributed by atoms with Gasteiger partial charge >= 0.3 is 0 Å². The Morgan fingerprint density at radius 3 is 2.37 bits per heavy atom.